The molecule has 6 nitrogen and oxygen atoms in total. The minimum Gasteiger partial charge on any atom is -0.492 e. The van der Waals surface area contributed by atoms with Crippen LogP contribution in [0.25, 0.3) is 0 Å². The summed E-state index contributed by atoms with van der Waals surface area (Å²) in [6.07, 6.45) is 3.47. The zero-order valence-electron chi connectivity index (χ0n) is 16.0. The molecule has 0 aliphatic carbocycles. The van der Waals surface area contributed by atoms with Crippen LogP contribution in [0, 0.1) is 5.82 Å². The van der Waals surface area contributed by atoms with E-state index in [-0.39, 0.29) is 11.9 Å². The van der Waals surface area contributed by atoms with Gasteiger partial charge in [0.1, 0.15) is 30.1 Å². The summed E-state index contributed by atoms with van der Waals surface area (Å²) in [5.74, 6) is 1.19. The fourth-order valence-electron chi connectivity index (χ4n) is 3.16. The average Bonchev–Trinajstić information content (AvgIpc) is 2.77. The summed E-state index contributed by atoms with van der Waals surface area (Å²) in [4.78, 5) is 11.1. The Morgan fingerprint density at radius 3 is 2.76 bits per heavy atom. The molecule has 0 bridgehead atoms. The molecule has 1 saturated heterocycles. The fourth-order valence-corrected chi connectivity index (χ4v) is 3.16. The molecular weight excluding hydrogens is 371 g/mol. The molecule has 150 valence electrons. The van der Waals surface area contributed by atoms with Crippen LogP contribution in [-0.4, -0.2) is 47.7 Å². The zero-order chi connectivity index (χ0) is 19.9. The van der Waals surface area contributed by atoms with E-state index >= 15 is 0 Å². The van der Waals surface area contributed by atoms with E-state index in [0.717, 1.165) is 36.8 Å². The maximum absolute atomic E-state index is 12.9. The van der Waals surface area contributed by atoms with Gasteiger partial charge in [0, 0.05) is 25.8 Å². The number of nitrogens with zero attached hydrogens (tertiary/aromatic N) is 3. The number of ether oxygens (including phenoxy) is 2. The van der Waals surface area contributed by atoms with Crippen molar-refractivity contribution in [2.75, 3.05) is 38.2 Å². The highest BCUT2D eigenvalue weighted by Gasteiger charge is 2.22. The van der Waals surface area contributed by atoms with Gasteiger partial charge in [0.2, 0.25) is 0 Å². The van der Waals surface area contributed by atoms with Crippen molar-refractivity contribution in [3.05, 3.63) is 78.5 Å². The molecule has 1 aliphatic rings. The summed E-state index contributed by atoms with van der Waals surface area (Å²) in [7, 11) is 0. The number of pyridine rings is 2. The summed E-state index contributed by atoms with van der Waals surface area (Å²) in [5.41, 5.74) is 1.79. The Morgan fingerprint density at radius 1 is 1.10 bits per heavy atom. The van der Waals surface area contributed by atoms with E-state index in [2.05, 4.69) is 20.2 Å². The Bertz CT molecular complexity index is 891. The normalized spacial score (nSPS) is 17.1. The van der Waals surface area contributed by atoms with Crippen LogP contribution in [-0.2, 0) is 4.74 Å². The summed E-state index contributed by atoms with van der Waals surface area (Å²) >= 11 is 0. The van der Waals surface area contributed by atoms with Crippen molar-refractivity contribution in [2.24, 2.45) is 0 Å². The average molecular weight is 394 g/mol. The third kappa shape index (κ3) is 5.49. The number of nitrogens with one attached hydrogen (secondary N) is 1. The third-order valence-corrected chi connectivity index (χ3v) is 4.69. The van der Waals surface area contributed by atoms with E-state index in [1.807, 2.05) is 30.3 Å². The topological polar surface area (TPSA) is 59.5 Å². The van der Waals surface area contributed by atoms with Crippen LogP contribution in [0.1, 0.15) is 11.8 Å². The van der Waals surface area contributed by atoms with E-state index in [1.54, 1.807) is 24.5 Å². The summed E-state index contributed by atoms with van der Waals surface area (Å²) < 4.78 is 24.6. The third-order valence-electron chi connectivity index (χ3n) is 4.69. The van der Waals surface area contributed by atoms with Gasteiger partial charge in [0.25, 0.3) is 0 Å². The van der Waals surface area contributed by atoms with Crippen LogP contribution in [0.5, 0.6) is 5.75 Å². The molecule has 1 aromatic carbocycles. The molecule has 0 spiro atoms. The van der Waals surface area contributed by atoms with Gasteiger partial charge in [-0.25, -0.2) is 9.37 Å². The van der Waals surface area contributed by atoms with Crippen molar-refractivity contribution < 1.29 is 13.9 Å². The Labute approximate surface area is 169 Å². The minimum atomic E-state index is -0.262. The second-order valence-corrected chi connectivity index (χ2v) is 6.77. The highest BCUT2D eigenvalue weighted by atomic mass is 19.1. The second kappa shape index (κ2) is 9.45. The Hall–Kier alpha value is -3.03. The lowest BCUT2D eigenvalue weighted by Crippen LogP contribution is -2.40. The number of morpholine rings is 1. The molecule has 0 saturated carbocycles. The smallest absolute Gasteiger partial charge is 0.130 e. The first-order valence-electron chi connectivity index (χ1n) is 9.62. The molecule has 29 heavy (non-hydrogen) atoms. The maximum Gasteiger partial charge on any atom is 0.130 e. The Balaban J connectivity index is 1.28. The van der Waals surface area contributed by atoms with E-state index < -0.39 is 0 Å². The number of aromatic nitrogens is 2. The monoisotopic (exact) mass is 394 g/mol. The summed E-state index contributed by atoms with van der Waals surface area (Å²) in [5, 5.41) is 3.22. The minimum absolute atomic E-state index is 0.0709. The van der Waals surface area contributed by atoms with E-state index in [0.29, 0.717) is 19.0 Å². The van der Waals surface area contributed by atoms with Gasteiger partial charge in [0.15, 0.2) is 0 Å². The molecule has 7 heteroatoms. The molecule has 0 radical (unpaired) electrons. The molecule has 1 fully saturated rings. The number of rotatable bonds is 7. The first-order chi connectivity index (χ1) is 14.3. The van der Waals surface area contributed by atoms with Gasteiger partial charge < -0.3 is 14.8 Å². The van der Waals surface area contributed by atoms with Gasteiger partial charge >= 0.3 is 0 Å². The SMILES string of the molecule is Fc1ccc(OCCN2CCOC(c3ccc(Nc4ccccn4)cn3)C2)cc1. The summed E-state index contributed by atoms with van der Waals surface area (Å²) in [6, 6.07) is 15.8. The highest BCUT2D eigenvalue weighted by Crippen LogP contribution is 2.22. The molecule has 1 aliphatic heterocycles. The number of benzene rings is 1. The van der Waals surface area contributed by atoms with Crippen LogP contribution in [0.2, 0.25) is 0 Å². The molecule has 3 aromatic rings. The van der Waals surface area contributed by atoms with E-state index in [4.69, 9.17) is 9.47 Å². The van der Waals surface area contributed by atoms with Crippen LogP contribution < -0.4 is 10.1 Å². The number of anilines is 2. The predicted octanol–water partition coefficient (Wildman–Crippen LogP) is 3.81. The second-order valence-electron chi connectivity index (χ2n) is 6.77. The molecule has 1 unspecified atom stereocenters. The van der Waals surface area contributed by atoms with Crippen molar-refractivity contribution >= 4 is 11.5 Å². The molecule has 4 rings (SSSR count). The van der Waals surface area contributed by atoms with Gasteiger partial charge in [-0.2, -0.15) is 0 Å². The van der Waals surface area contributed by atoms with Crippen molar-refractivity contribution in [2.45, 2.75) is 6.10 Å². The molecule has 0 amide bonds. The lowest BCUT2D eigenvalue weighted by Gasteiger charge is -2.32. The zero-order valence-corrected chi connectivity index (χ0v) is 16.0. The number of hydrogen-bond donors (Lipinski definition) is 1. The maximum atomic E-state index is 12.9. The van der Waals surface area contributed by atoms with Crippen LogP contribution in [0.15, 0.2) is 67.0 Å². The standard InChI is InChI=1S/C22H23FN4O2/c23-17-4-7-19(8-5-17)28-13-11-27-12-14-29-21(16-27)20-9-6-18(15-25-20)26-22-3-1-2-10-24-22/h1-10,15,21H,11-14,16H2,(H,24,26). The van der Waals surface area contributed by atoms with Crippen molar-refractivity contribution in [1.82, 2.24) is 14.9 Å². The largest absolute Gasteiger partial charge is 0.492 e. The Kier molecular flexibility index (Phi) is 6.29. The van der Waals surface area contributed by atoms with Gasteiger partial charge in [-0.1, -0.05) is 6.07 Å². The van der Waals surface area contributed by atoms with Crippen molar-refractivity contribution in [1.29, 1.82) is 0 Å². The van der Waals surface area contributed by atoms with E-state index in [9.17, 15) is 4.39 Å². The van der Waals surface area contributed by atoms with Gasteiger partial charge in [-0.05, 0) is 48.5 Å². The highest BCUT2D eigenvalue weighted by molar-refractivity contribution is 5.54. The number of halogens is 1. The lowest BCUT2D eigenvalue weighted by atomic mass is 10.2. The van der Waals surface area contributed by atoms with Crippen LogP contribution >= 0.6 is 0 Å². The first-order valence-corrected chi connectivity index (χ1v) is 9.62. The summed E-state index contributed by atoms with van der Waals surface area (Å²) in [6.45, 7) is 3.57. The van der Waals surface area contributed by atoms with Crippen LogP contribution in [0.4, 0.5) is 15.9 Å². The van der Waals surface area contributed by atoms with Gasteiger partial charge in [-0.15, -0.1) is 0 Å². The molecular formula is C22H23FN4O2. The van der Waals surface area contributed by atoms with Crippen molar-refractivity contribution in [3.63, 3.8) is 0 Å². The van der Waals surface area contributed by atoms with Gasteiger partial charge in [0.05, 0.1) is 24.2 Å². The molecule has 3 heterocycles. The first kappa shape index (κ1) is 19.3. The van der Waals surface area contributed by atoms with Gasteiger partial charge in [-0.3, -0.25) is 9.88 Å². The molecule has 1 atom stereocenters. The predicted molar refractivity (Wildman–Crippen MR) is 109 cm³/mol. The number of hydrogen-bond acceptors (Lipinski definition) is 6. The lowest BCUT2D eigenvalue weighted by molar-refractivity contribution is -0.0349. The Morgan fingerprint density at radius 2 is 2.00 bits per heavy atom. The fraction of sp³-hybridized carbons (Fsp3) is 0.273. The molecule has 2 aromatic heterocycles. The molecule has 1 N–H and O–H groups in total. The van der Waals surface area contributed by atoms with E-state index in [1.165, 1.54) is 12.1 Å². The quantitative estimate of drug-likeness (QED) is 0.658. The van der Waals surface area contributed by atoms with Crippen molar-refractivity contribution in [3.8, 4) is 5.75 Å². The van der Waals surface area contributed by atoms with Crippen LogP contribution in [0.3, 0.4) is 0 Å².